The lowest BCUT2D eigenvalue weighted by molar-refractivity contribution is 0.497. The average Bonchev–Trinajstić information content (AvgIpc) is 2.24. The molecule has 15 heavy (non-hydrogen) atoms. The van der Waals surface area contributed by atoms with Crippen LogP contribution in [0.4, 0.5) is 0 Å². The summed E-state index contributed by atoms with van der Waals surface area (Å²) in [6, 6.07) is 0. The van der Waals surface area contributed by atoms with Gasteiger partial charge in [-0.1, -0.05) is 53.2 Å². The molecule has 0 unspecified atom stereocenters. The SMILES string of the molecule is CC(C)(C)C1=CC=C(C(C)(C)C)N=CC1. The van der Waals surface area contributed by atoms with Crippen LogP contribution in [0.15, 0.2) is 28.4 Å². The van der Waals surface area contributed by atoms with Crippen molar-refractivity contribution in [2.24, 2.45) is 15.8 Å². The van der Waals surface area contributed by atoms with Crippen molar-refractivity contribution in [3.63, 3.8) is 0 Å². The summed E-state index contributed by atoms with van der Waals surface area (Å²) in [6.45, 7) is 13.4. The molecular weight excluding hydrogens is 182 g/mol. The van der Waals surface area contributed by atoms with Crippen molar-refractivity contribution in [1.29, 1.82) is 0 Å². The van der Waals surface area contributed by atoms with Gasteiger partial charge in [0, 0.05) is 23.7 Å². The Labute approximate surface area is 94.0 Å². The number of hydrogen-bond donors (Lipinski definition) is 0. The van der Waals surface area contributed by atoms with Gasteiger partial charge in [0.1, 0.15) is 0 Å². The fourth-order valence-electron chi connectivity index (χ4n) is 1.53. The second-order valence-corrected chi connectivity index (χ2v) is 6.26. The molecule has 0 saturated carbocycles. The largest absolute Gasteiger partial charge is 0.265 e. The van der Waals surface area contributed by atoms with Gasteiger partial charge in [0.2, 0.25) is 0 Å². The van der Waals surface area contributed by atoms with Gasteiger partial charge in [0.05, 0.1) is 0 Å². The summed E-state index contributed by atoms with van der Waals surface area (Å²) < 4.78 is 0. The number of nitrogens with zero attached hydrogens (tertiary/aromatic N) is 1. The van der Waals surface area contributed by atoms with Crippen LogP contribution in [0, 0.1) is 10.8 Å². The Balaban J connectivity index is 3.01. The number of allylic oxidation sites excluding steroid dienone is 4. The highest BCUT2D eigenvalue weighted by atomic mass is 14.8. The summed E-state index contributed by atoms with van der Waals surface area (Å²) in [7, 11) is 0. The Bertz CT molecular complexity index is 316. The van der Waals surface area contributed by atoms with Gasteiger partial charge in [-0.15, -0.1) is 0 Å². The molecule has 1 heteroatoms. The van der Waals surface area contributed by atoms with Gasteiger partial charge in [0.15, 0.2) is 0 Å². The smallest absolute Gasteiger partial charge is 0.0453 e. The van der Waals surface area contributed by atoms with Gasteiger partial charge in [-0.25, -0.2) is 0 Å². The van der Waals surface area contributed by atoms with Crippen LogP contribution < -0.4 is 0 Å². The minimum Gasteiger partial charge on any atom is -0.265 e. The lowest BCUT2D eigenvalue weighted by Gasteiger charge is -2.21. The summed E-state index contributed by atoms with van der Waals surface area (Å²) >= 11 is 0. The second kappa shape index (κ2) is 3.96. The average molecular weight is 205 g/mol. The molecule has 1 aliphatic rings. The fraction of sp³-hybridized carbons (Fsp3) is 0.643. The van der Waals surface area contributed by atoms with E-state index in [0.29, 0.717) is 0 Å². The van der Waals surface area contributed by atoms with Crippen molar-refractivity contribution >= 4 is 6.21 Å². The van der Waals surface area contributed by atoms with Crippen molar-refractivity contribution in [3.05, 3.63) is 23.4 Å². The minimum absolute atomic E-state index is 0.139. The molecule has 0 atom stereocenters. The van der Waals surface area contributed by atoms with E-state index in [1.54, 1.807) is 0 Å². The summed E-state index contributed by atoms with van der Waals surface area (Å²) in [5.74, 6) is 0. The molecule has 0 bridgehead atoms. The van der Waals surface area contributed by atoms with Gasteiger partial charge < -0.3 is 0 Å². The Morgan fingerprint density at radius 1 is 0.933 bits per heavy atom. The zero-order valence-corrected chi connectivity index (χ0v) is 10.9. The van der Waals surface area contributed by atoms with Crippen LogP contribution in [0.1, 0.15) is 48.0 Å². The maximum Gasteiger partial charge on any atom is 0.0453 e. The van der Waals surface area contributed by atoms with Crippen molar-refractivity contribution in [1.82, 2.24) is 0 Å². The Morgan fingerprint density at radius 2 is 1.53 bits per heavy atom. The van der Waals surface area contributed by atoms with E-state index in [9.17, 15) is 0 Å². The van der Waals surface area contributed by atoms with Crippen LogP contribution in [0.5, 0.6) is 0 Å². The van der Waals surface area contributed by atoms with E-state index in [4.69, 9.17) is 0 Å². The lowest BCUT2D eigenvalue weighted by atomic mass is 9.84. The predicted octanol–water partition coefficient (Wildman–Crippen LogP) is 4.36. The zero-order chi connectivity index (χ0) is 11.7. The third kappa shape index (κ3) is 3.33. The van der Waals surface area contributed by atoms with Gasteiger partial charge in [-0.3, -0.25) is 4.99 Å². The zero-order valence-electron chi connectivity index (χ0n) is 10.9. The van der Waals surface area contributed by atoms with Crippen LogP contribution >= 0.6 is 0 Å². The van der Waals surface area contributed by atoms with E-state index in [2.05, 4.69) is 58.7 Å². The van der Waals surface area contributed by atoms with Gasteiger partial charge in [0.25, 0.3) is 0 Å². The van der Waals surface area contributed by atoms with E-state index in [0.717, 1.165) is 6.42 Å². The van der Waals surface area contributed by atoms with Crippen LogP contribution in [0.2, 0.25) is 0 Å². The van der Waals surface area contributed by atoms with E-state index >= 15 is 0 Å². The molecule has 1 nitrogen and oxygen atoms in total. The highest BCUT2D eigenvalue weighted by Crippen LogP contribution is 2.32. The maximum atomic E-state index is 4.54. The van der Waals surface area contributed by atoms with Crippen LogP contribution in [-0.2, 0) is 0 Å². The van der Waals surface area contributed by atoms with Crippen LogP contribution in [0.25, 0.3) is 0 Å². The van der Waals surface area contributed by atoms with E-state index in [-0.39, 0.29) is 10.8 Å². The maximum absolute atomic E-state index is 4.54. The van der Waals surface area contributed by atoms with Crippen molar-refractivity contribution in [3.8, 4) is 0 Å². The molecule has 1 heterocycles. The molecule has 84 valence electrons. The Kier molecular flexibility index (Phi) is 3.22. The first kappa shape index (κ1) is 12.2. The molecule has 0 radical (unpaired) electrons. The lowest BCUT2D eigenvalue weighted by Crippen LogP contribution is -2.09. The summed E-state index contributed by atoms with van der Waals surface area (Å²) in [5.41, 5.74) is 3.00. The fourth-order valence-corrected chi connectivity index (χ4v) is 1.53. The molecular formula is C14H23N. The summed E-state index contributed by atoms with van der Waals surface area (Å²) in [5, 5.41) is 0. The van der Waals surface area contributed by atoms with Gasteiger partial charge in [-0.2, -0.15) is 0 Å². The molecule has 0 N–H and O–H groups in total. The minimum atomic E-state index is 0.139. The molecule has 0 saturated heterocycles. The van der Waals surface area contributed by atoms with Crippen LogP contribution in [0.3, 0.4) is 0 Å². The van der Waals surface area contributed by atoms with Gasteiger partial charge in [-0.05, 0) is 11.5 Å². The van der Waals surface area contributed by atoms with Crippen LogP contribution in [-0.4, -0.2) is 6.21 Å². The number of aliphatic imine (C=N–C) groups is 1. The Morgan fingerprint density at radius 3 is 2.00 bits per heavy atom. The predicted molar refractivity (Wildman–Crippen MR) is 68.2 cm³/mol. The highest BCUT2D eigenvalue weighted by Gasteiger charge is 2.20. The van der Waals surface area contributed by atoms with Crippen molar-refractivity contribution in [2.75, 3.05) is 0 Å². The van der Waals surface area contributed by atoms with E-state index < -0.39 is 0 Å². The summed E-state index contributed by atoms with van der Waals surface area (Å²) in [6.07, 6.45) is 7.43. The highest BCUT2D eigenvalue weighted by molar-refractivity contribution is 5.65. The summed E-state index contributed by atoms with van der Waals surface area (Å²) in [4.78, 5) is 4.54. The van der Waals surface area contributed by atoms with Crippen molar-refractivity contribution < 1.29 is 0 Å². The molecule has 1 rings (SSSR count). The second-order valence-electron chi connectivity index (χ2n) is 6.26. The molecule has 0 aliphatic carbocycles. The standard InChI is InChI=1S/C14H23N/c1-13(2,3)11-7-8-12(14(4,5)6)15-10-9-11/h7-8,10H,9H2,1-6H3. The molecule has 0 aromatic rings. The Hall–Kier alpha value is -0.850. The van der Waals surface area contributed by atoms with E-state index in [1.165, 1.54) is 11.3 Å². The first-order valence-electron chi connectivity index (χ1n) is 5.65. The normalized spacial score (nSPS) is 18.3. The molecule has 1 aliphatic heterocycles. The third-order valence-corrected chi connectivity index (χ3v) is 2.72. The number of rotatable bonds is 0. The molecule has 0 amide bonds. The number of hydrogen-bond acceptors (Lipinski definition) is 1. The van der Waals surface area contributed by atoms with Crippen molar-refractivity contribution in [2.45, 2.75) is 48.0 Å². The molecule has 0 fully saturated rings. The van der Waals surface area contributed by atoms with Gasteiger partial charge >= 0.3 is 0 Å². The monoisotopic (exact) mass is 205 g/mol. The first-order valence-corrected chi connectivity index (χ1v) is 5.65. The molecule has 0 aromatic carbocycles. The molecule has 0 spiro atoms. The molecule has 0 aromatic heterocycles. The quantitative estimate of drug-likeness (QED) is 0.557. The topological polar surface area (TPSA) is 12.4 Å². The first-order chi connectivity index (χ1) is 6.71. The van der Waals surface area contributed by atoms with E-state index in [1.807, 2.05) is 6.21 Å². The third-order valence-electron chi connectivity index (χ3n) is 2.72.